The summed E-state index contributed by atoms with van der Waals surface area (Å²) in [5.41, 5.74) is 0.319. The van der Waals surface area contributed by atoms with E-state index in [1.54, 1.807) is 6.07 Å². The highest BCUT2D eigenvalue weighted by Gasteiger charge is 2.11. The van der Waals surface area contributed by atoms with Gasteiger partial charge in [-0.05, 0) is 20.8 Å². The van der Waals surface area contributed by atoms with Crippen LogP contribution in [0.15, 0.2) is 6.07 Å². The summed E-state index contributed by atoms with van der Waals surface area (Å²) >= 11 is 0. The van der Waals surface area contributed by atoms with Gasteiger partial charge in [-0.3, -0.25) is 9.89 Å². The summed E-state index contributed by atoms with van der Waals surface area (Å²) in [4.78, 5) is 11.4. The molecule has 1 aromatic rings. The van der Waals surface area contributed by atoms with Gasteiger partial charge >= 0.3 is 0 Å². The van der Waals surface area contributed by atoms with Gasteiger partial charge in [-0.15, -0.1) is 0 Å². The molecule has 1 heterocycles. The van der Waals surface area contributed by atoms with E-state index in [0.717, 1.165) is 0 Å². The molecule has 0 radical (unpaired) electrons. The molecule has 0 aliphatic rings. The molecule has 0 saturated heterocycles. The third kappa shape index (κ3) is 3.59. The molecule has 0 spiro atoms. The van der Waals surface area contributed by atoms with Crippen molar-refractivity contribution < 1.29 is 9.90 Å². The van der Waals surface area contributed by atoms with Crippen LogP contribution in [0.5, 0.6) is 0 Å². The topological polar surface area (TPSA) is 90.0 Å². The van der Waals surface area contributed by atoms with Crippen LogP contribution >= 0.6 is 0 Å². The van der Waals surface area contributed by atoms with E-state index < -0.39 is 6.23 Å². The first kappa shape index (κ1) is 11.5. The van der Waals surface area contributed by atoms with Crippen LogP contribution in [0.2, 0.25) is 0 Å². The molecule has 0 aromatic carbocycles. The molecule has 0 aliphatic heterocycles. The Bertz CT molecular complexity index is 333. The Balaban J connectivity index is 2.63. The number of aromatic amines is 1. The smallest absolute Gasteiger partial charge is 0.271 e. The van der Waals surface area contributed by atoms with Gasteiger partial charge in [-0.25, -0.2) is 0 Å². The van der Waals surface area contributed by atoms with Gasteiger partial charge in [0.1, 0.15) is 17.7 Å². The normalized spacial score (nSPS) is 12.6. The van der Waals surface area contributed by atoms with E-state index in [-0.39, 0.29) is 11.9 Å². The number of H-pyrrole nitrogens is 1. The molecule has 0 fully saturated rings. The van der Waals surface area contributed by atoms with Crippen LogP contribution in [0.3, 0.4) is 0 Å². The molecule has 1 rings (SSSR count). The minimum absolute atomic E-state index is 0.251. The SMILES string of the molecule is CC(C)Nc1cc(C(=O)N[C@H](C)O)[nH]n1. The summed E-state index contributed by atoms with van der Waals surface area (Å²) in [6.07, 6.45) is -0.873. The fraction of sp³-hybridized carbons (Fsp3) is 0.556. The Labute approximate surface area is 88.1 Å². The van der Waals surface area contributed by atoms with Crippen LogP contribution in [0.1, 0.15) is 31.3 Å². The molecule has 0 unspecified atom stereocenters. The van der Waals surface area contributed by atoms with E-state index in [9.17, 15) is 4.79 Å². The van der Waals surface area contributed by atoms with Gasteiger partial charge in [0.15, 0.2) is 0 Å². The molecule has 0 aliphatic carbocycles. The molecular weight excluding hydrogens is 196 g/mol. The Hall–Kier alpha value is -1.56. The maximum atomic E-state index is 11.4. The molecule has 1 atom stereocenters. The first-order valence-electron chi connectivity index (χ1n) is 4.80. The number of carbonyl (C=O) groups excluding carboxylic acids is 1. The predicted octanol–water partition coefficient (Wildman–Crippen LogP) is 0.298. The molecule has 0 saturated carbocycles. The number of anilines is 1. The van der Waals surface area contributed by atoms with Gasteiger partial charge < -0.3 is 15.7 Å². The number of rotatable bonds is 4. The number of aliphatic hydroxyl groups excluding tert-OH is 1. The fourth-order valence-corrected chi connectivity index (χ4v) is 1.08. The number of hydrogen-bond acceptors (Lipinski definition) is 4. The van der Waals surface area contributed by atoms with E-state index in [0.29, 0.717) is 11.5 Å². The second-order valence-corrected chi connectivity index (χ2v) is 3.62. The lowest BCUT2D eigenvalue weighted by molar-refractivity contribution is 0.0813. The van der Waals surface area contributed by atoms with Gasteiger partial charge in [0.2, 0.25) is 0 Å². The van der Waals surface area contributed by atoms with Crippen molar-refractivity contribution in [2.24, 2.45) is 0 Å². The largest absolute Gasteiger partial charge is 0.374 e. The van der Waals surface area contributed by atoms with Crippen LogP contribution in [-0.4, -0.2) is 33.5 Å². The average Bonchev–Trinajstić information content (AvgIpc) is 2.50. The minimum Gasteiger partial charge on any atom is -0.374 e. The molecule has 15 heavy (non-hydrogen) atoms. The van der Waals surface area contributed by atoms with E-state index in [4.69, 9.17) is 5.11 Å². The standard InChI is InChI=1S/C9H16N4O2/c1-5(2)10-8-4-7(12-13-8)9(15)11-6(3)14/h4-6,14H,1-3H3,(H,11,15)(H2,10,12,13)/t6-/m0/s1. The minimum atomic E-state index is -0.873. The number of amides is 1. The van der Waals surface area contributed by atoms with Crippen LogP contribution in [0.4, 0.5) is 5.82 Å². The number of aromatic nitrogens is 2. The summed E-state index contributed by atoms with van der Waals surface area (Å²) < 4.78 is 0. The Morgan fingerprint density at radius 1 is 1.53 bits per heavy atom. The van der Waals surface area contributed by atoms with Gasteiger partial charge in [0.25, 0.3) is 5.91 Å². The van der Waals surface area contributed by atoms with Crippen molar-refractivity contribution >= 4 is 11.7 Å². The highest BCUT2D eigenvalue weighted by Crippen LogP contribution is 2.06. The molecular formula is C9H16N4O2. The third-order valence-electron chi connectivity index (χ3n) is 1.60. The van der Waals surface area contributed by atoms with Crippen LogP contribution in [-0.2, 0) is 0 Å². The lowest BCUT2D eigenvalue weighted by atomic mass is 10.3. The van der Waals surface area contributed by atoms with Gasteiger partial charge in [0.05, 0.1) is 0 Å². The van der Waals surface area contributed by atoms with Crippen molar-refractivity contribution in [3.8, 4) is 0 Å². The highest BCUT2D eigenvalue weighted by molar-refractivity contribution is 5.93. The number of nitrogens with one attached hydrogen (secondary N) is 3. The molecule has 6 nitrogen and oxygen atoms in total. The summed E-state index contributed by atoms with van der Waals surface area (Å²) in [6, 6.07) is 1.85. The zero-order valence-corrected chi connectivity index (χ0v) is 9.03. The van der Waals surface area contributed by atoms with Crippen LogP contribution < -0.4 is 10.6 Å². The zero-order valence-electron chi connectivity index (χ0n) is 9.03. The monoisotopic (exact) mass is 212 g/mol. The number of carbonyl (C=O) groups is 1. The summed E-state index contributed by atoms with van der Waals surface area (Å²) in [7, 11) is 0. The van der Waals surface area contributed by atoms with E-state index in [1.165, 1.54) is 6.92 Å². The maximum absolute atomic E-state index is 11.4. The molecule has 1 aromatic heterocycles. The fourth-order valence-electron chi connectivity index (χ4n) is 1.08. The summed E-state index contributed by atoms with van der Waals surface area (Å²) in [6.45, 7) is 5.43. The Morgan fingerprint density at radius 2 is 2.20 bits per heavy atom. The second kappa shape index (κ2) is 4.79. The number of nitrogens with zero attached hydrogens (tertiary/aromatic N) is 1. The van der Waals surface area contributed by atoms with Crippen molar-refractivity contribution in [1.82, 2.24) is 15.5 Å². The predicted molar refractivity (Wildman–Crippen MR) is 56.5 cm³/mol. The zero-order chi connectivity index (χ0) is 11.4. The quantitative estimate of drug-likeness (QED) is 0.540. The van der Waals surface area contributed by atoms with Crippen molar-refractivity contribution in [3.63, 3.8) is 0 Å². The van der Waals surface area contributed by atoms with Crippen LogP contribution in [0.25, 0.3) is 0 Å². The van der Waals surface area contributed by atoms with Crippen molar-refractivity contribution in [3.05, 3.63) is 11.8 Å². The molecule has 6 heteroatoms. The molecule has 0 bridgehead atoms. The van der Waals surface area contributed by atoms with Crippen molar-refractivity contribution in [2.45, 2.75) is 33.0 Å². The van der Waals surface area contributed by atoms with Gasteiger partial charge in [0, 0.05) is 12.1 Å². The third-order valence-corrected chi connectivity index (χ3v) is 1.60. The average molecular weight is 212 g/mol. The Morgan fingerprint density at radius 3 is 2.73 bits per heavy atom. The van der Waals surface area contributed by atoms with Gasteiger partial charge in [-0.1, -0.05) is 0 Å². The number of hydrogen-bond donors (Lipinski definition) is 4. The van der Waals surface area contributed by atoms with Crippen molar-refractivity contribution in [2.75, 3.05) is 5.32 Å². The molecule has 1 amide bonds. The second-order valence-electron chi connectivity index (χ2n) is 3.62. The summed E-state index contributed by atoms with van der Waals surface area (Å²) in [5.74, 6) is 0.232. The van der Waals surface area contributed by atoms with E-state index in [2.05, 4.69) is 20.8 Å². The molecule has 84 valence electrons. The first-order valence-corrected chi connectivity index (χ1v) is 4.80. The van der Waals surface area contributed by atoms with Gasteiger partial charge in [-0.2, -0.15) is 5.10 Å². The first-order chi connectivity index (χ1) is 6.99. The van der Waals surface area contributed by atoms with Crippen molar-refractivity contribution in [1.29, 1.82) is 0 Å². The lowest BCUT2D eigenvalue weighted by Crippen LogP contribution is -2.32. The summed E-state index contributed by atoms with van der Waals surface area (Å²) in [5, 5.41) is 20.8. The maximum Gasteiger partial charge on any atom is 0.271 e. The number of aliphatic hydroxyl groups is 1. The van der Waals surface area contributed by atoms with Crippen LogP contribution in [0, 0.1) is 0 Å². The highest BCUT2D eigenvalue weighted by atomic mass is 16.3. The molecule has 4 N–H and O–H groups in total. The van der Waals surface area contributed by atoms with E-state index in [1.807, 2.05) is 13.8 Å². The lowest BCUT2D eigenvalue weighted by Gasteiger charge is -2.05. The van der Waals surface area contributed by atoms with E-state index >= 15 is 0 Å². The Kier molecular flexibility index (Phi) is 3.68.